The van der Waals surface area contributed by atoms with Crippen molar-refractivity contribution in [3.8, 4) is 0 Å². The molecule has 2 aliphatic heterocycles. The normalized spacial score (nSPS) is 40.8. The van der Waals surface area contributed by atoms with Crippen LogP contribution in [0.3, 0.4) is 0 Å². The maximum absolute atomic E-state index is 11.9. The van der Waals surface area contributed by atoms with E-state index in [0.29, 0.717) is 87.0 Å². The molecule has 158 valence electrons. The molecule has 0 aromatic heterocycles. The van der Waals surface area contributed by atoms with Crippen LogP contribution in [0.1, 0.15) is 65.2 Å². The molecule has 0 aromatic rings. The van der Waals surface area contributed by atoms with Gasteiger partial charge in [-0.25, -0.2) is 0 Å². The number of ether oxygens (including phenoxy) is 4. The van der Waals surface area contributed by atoms with Crippen molar-refractivity contribution in [2.24, 2.45) is 23.7 Å². The van der Waals surface area contributed by atoms with E-state index in [1.54, 1.807) is 0 Å². The molecular weight excluding hydrogens is 360 g/mol. The van der Waals surface area contributed by atoms with Crippen molar-refractivity contribution in [2.45, 2.75) is 89.6 Å². The van der Waals surface area contributed by atoms with Gasteiger partial charge < -0.3 is 18.9 Å². The number of fused-ring (bicyclic) bond motifs is 2. The van der Waals surface area contributed by atoms with E-state index in [4.69, 9.17) is 18.9 Å². The number of epoxide rings is 2. The van der Waals surface area contributed by atoms with E-state index in [1.807, 2.05) is 0 Å². The second kappa shape index (κ2) is 8.70. The fraction of sp³-hybridized carbons (Fsp3) is 0.909. The number of hydrogen-bond donors (Lipinski definition) is 0. The Labute approximate surface area is 167 Å². The van der Waals surface area contributed by atoms with Gasteiger partial charge in [-0.05, 0) is 62.2 Å². The van der Waals surface area contributed by atoms with Crippen molar-refractivity contribution >= 4 is 11.9 Å². The molecule has 2 saturated heterocycles. The van der Waals surface area contributed by atoms with Crippen LogP contribution in [-0.4, -0.2) is 49.6 Å². The van der Waals surface area contributed by atoms with Crippen LogP contribution < -0.4 is 0 Å². The number of esters is 2. The molecule has 6 nitrogen and oxygen atoms in total. The highest BCUT2D eigenvalue weighted by atomic mass is 16.6. The zero-order valence-corrected chi connectivity index (χ0v) is 17.1. The SMILES string of the molecule is CC1CC(COC(=O)CCCCC(=O)OCC2CC(C)C3OC3C2)CC2OC12. The first kappa shape index (κ1) is 20.1. The molecule has 2 heterocycles. The van der Waals surface area contributed by atoms with Gasteiger partial charge >= 0.3 is 11.9 Å². The minimum absolute atomic E-state index is 0.157. The summed E-state index contributed by atoms with van der Waals surface area (Å²) in [6.45, 7) is 5.43. The lowest BCUT2D eigenvalue weighted by molar-refractivity contribution is -0.147. The largest absolute Gasteiger partial charge is 0.465 e. The summed E-state index contributed by atoms with van der Waals surface area (Å²) in [5.74, 6) is 1.69. The fourth-order valence-electron chi connectivity index (χ4n) is 5.24. The summed E-state index contributed by atoms with van der Waals surface area (Å²) in [5.41, 5.74) is 0. The Morgan fingerprint density at radius 3 is 1.57 bits per heavy atom. The van der Waals surface area contributed by atoms with E-state index in [0.717, 1.165) is 25.7 Å². The molecule has 2 saturated carbocycles. The summed E-state index contributed by atoms with van der Waals surface area (Å²) in [4.78, 5) is 23.8. The van der Waals surface area contributed by atoms with Gasteiger partial charge in [-0.15, -0.1) is 0 Å². The summed E-state index contributed by atoms with van der Waals surface area (Å²) >= 11 is 0. The molecule has 6 heteroatoms. The Kier molecular flexibility index (Phi) is 6.26. The lowest BCUT2D eigenvalue weighted by Crippen LogP contribution is -2.25. The third-order valence-corrected chi connectivity index (χ3v) is 6.88. The first-order valence-corrected chi connectivity index (χ1v) is 11.1. The van der Waals surface area contributed by atoms with Crippen molar-refractivity contribution in [2.75, 3.05) is 13.2 Å². The zero-order valence-electron chi connectivity index (χ0n) is 17.1. The van der Waals surface area contributed by atoms with Crippen LogP contribution in [0.5, 0.6) is 0 Å². The van der Waals surface area contributed by atoms with E-state index in [2.05, 4.69) is 13.8 Å². The molecule has 0 radical (unpaired) electrons. The van der Waals surface area contributed by atoms with Crippen LogP contribution in [0, 0.1) is 23.7 Å². The van der Waals surface area contributed by atoms with Crippen molar-refractivity contribution in [3.63, 3.8) is 0 Å². The van der Waals surface area contributed by atoms with Gasteiger partial charge in [0.1, 0.15) is 0 Å². The van der Waals surface area contributed by atoms with Gasteiger partial charge in [-0.3, -0.25) is 9.59 Å². The fourth-order valence-corrected chi connectivity index (χ4v) is 5.24. The highest BCUT2D eigenvalue weighted by Gasteiger charge is 2.49. The van der Waals surface area contributed by atoms with Gasteiger partial charge in [0.2, 0.25) is 0 Å². The van der Waals surface area contributed by atoms with Gasteiger partial charge in [0.25, 0.3) is 0 Å². The van der Waals surface area contributed by atoms with E-state index in [-0.39, 0.29) is 11.9 Å². The average molecular weight is 395 g/mol. The summed E-state index contributed by atoms with van der Waals surface area (Å²) < 4.78 is 22.1. The second-order valence-corrected chi connectivity index (χ2v) is 9.48. The molecular formula is C22H34O6. The van der Waals surface area contributed by atoms with Gasteiger partial charge in [-0.1, -0.05) is 13.8 Å². The predicted molar refractivity (Wildman–Crippen MR) is 101 cm³/mol. The molecule has 4 rings (SSSR count). The maximum Gasteiger partial charge on any atom is 0.305 e. The first-order valence-electron chi connectivity index (χ1n) is 11.1. The lowest BCUT2D eigenvalue weighted by Gasteiger charge is -2.23. The first-order chi connectivity index (χ1) is 13.5. The van der Waals surface area contributed by atoms with Crippen LogP contribution in [0.2, 0.25) is 0 Å². The van der Waals surface area contributed by atoms with Gasteiger partial charge in [0, 0.05) is 12.8 Å². The van der Waals surface area contributed by atoms with Crippen LogP contribution in [0.15, 0.2) is 0 Å². The molecule has 0 amide bonds. The molecule has 4 fully saturated rings. The number of hydrogen-bond acceptors (Lipinski definition) is 6. The minimum Gasteiger partial charge on any atom is -0.465 e. The number of rotatable bonds is 9. The highest BCUT2D eigenvalue weighted by Crippen LogP contribution is 2.44. The predicted octanol–water partition coefficient (Wildman–Crippen LogP) is 3.26. The van der Waals surface area contributed by atoms with Crippen molar-refractivity contribution in [3.05, 3.63) is 0 Å². The van der Waals surface area contributed by atoms with Crippen molar-refractivity contribution in [1.82, 2.24) is 0 Å². The third kappa shape index (κ3) is 5.26. The second-order valence-electron chi connectivity index (χ2n) is 9.48. The summed E-state index contributed by atoms with van der Waals surface area (Å²) in [6, 6.07) is 0. The molecule has 8 unspecified atom stereocenters. The highest BCUT2D eigenvalue weighted by molar-refractivity contribution is 5.70. The van der Waals surface area contributed by atoms with Crippen molar-refractivity contribution in [1.29, 1.82) is 0 Å². The minimum atomic E-state index is -0.157. The van der Waals surface area contributed by atoms with E-state index in [1.165, 1.54) is 0 Å². The molecule has 28 heavy (non-hydrogen) atoms. The Balaban J connectivity index is 1.01. The summed E-state index contributed by atoms with van der Waals surface area (Å²) in [7, 11) is 0. The molecule has 4 aliphatic rings. The lowest BCUT2D eigenvalue weighted by atomic mass is 9.83. The van der Waals surface area contributed by atoms with Crippen LogP contribution in [-0.2, 0) is 28.5 Å². The standard InChI is InChI=1S/C22H34O6/c1-13-7-15(9-17-21(13)27-17)11-25-19(23)5-3-4-6-20(24)26-12-16-8-14(2)22-18(10-16)28-22/h13-18,21-22H,3-12H2,1-2H3. The topological polar surface area (TPSA) is 77.7 Å². The van der Waals surface area contributed by atoms with E-state index < -0.39 is 0 Å². The molecule has 0 spiro atoms. The summed E-state index contributed by atoms with van der Waals surface area (Å²) in [6.07, 6.45) is 7.96. The molecule has 8 atom stereocenters. The molecule has 0 aromatic carbocycles. The van der Waals surface area contributed by atoms with E-state index in [9.17, 15) is 9.59 Å². The Morgan fingerprint density at radius 2 is 1.18 bits per heavy atom. The number of carbonyl (C=O) groups is 2. The Hall–Kier alpha value is -1.14. The van der Waals surface area contributed by atoms with Crippen LogP contribution in [0.4, 0.5) is 0 Å². The average Bonchev–Trinajstić information content (AvgIpc) is 3.55. The molecule has 0 N–H and O–H groups in total. The van der Waals surface area contributed by atoms with Crippen LogP contribution >= 0.6 is 0 Å². The van der Waals surface area contributed by atoms with Gasteiger partial charge in [-0.2, -0.15) is 0 Å². The third-order valence-electron chi connectivity index (χ3n) is 6.88. The molecule has 2 aliphatic carbocycles. The molecule has 0 bridgehead atoms. The van der Waals surface area contributed by atoms with Gasteiger partial charge in [0.05, 0.1) is 37.6 Å². The Morgan fingerprint density at radius 1 is 0.750 bits per heavy atom. The summed E-state index contributed by atoms with van der Waals surface area (Å²) in [5, 5.41) is 0. The van der Waals surface area contributed by atoms with Crippen molar-refractivity contribution < 1.29 is 28.5 Å². The van der Waals surface area contributed by atoms with Gasteiger partial charge in [0.15, 0.2) is 0 Å². The van der Waals surface area contributed by atoms with Crippen LogP contribution in [0.25, 0.3) is 0 Å². The van der Waals surface area contributed by atoms with E-state index >= 15 is 0 Å². The zero-order chi connectivity index (χ0) is 19.7. The quantitative estimate of drug-likeness (QED) is 0.339. The number of carbonyl (C=O) groups excluding carboxylic acids is 2. The number of unbranched alkanes of at least 4 members (excludes halogenated alkanes) is 1. The monoisotopic (exact) mass is 394 g/mol. The smallest absolute Gasteiger partial charge is 0.305 e. The Bertz CT molecular complexity index is 527. The maximum atomic E-state index is 11.9.